The van der Waals surface area contributed by atoms with Crippen molar-refractivity contribution in [3.63, 3.8) is 0 Å². The summed E-state index contributed by atoms with van der Waals surface area (Å²) in [5.74, 6) is 1.53. The Hall–Kier alpha value is -1.81. The summed E-state index contributed by atoms with van der Waals surface area (Å²) in [6, 6.07) is 7.74. The Balaban J connectivity index is 2.23. The molecule has 0 fully saturated rings. The van der Waals surface area contributed by atoms with Crippen LogP contribution in [0.3, 0.4) is 0 Å². The van der Waals surface area contributed by atoms with Crippen LogP contribution < -0.4 is 10.5 Å². The van der Waals surface area contributed by atoms with Crippen LogP contribution in [-0.2, 0) is 6.54 Å². The number of ether oxygens (including phenoxy) is 1. The summed E-state index contributed by atoms with van der Waals surface area (Å²) in [4.78, 5) is 0. The number of rotatable bonds is 4. The van der Waals surface area contributed by atoms with Crippen LogP contribution in [0.15, 0.2) is 36.7 Å². The van der Waals surface area contributed by atoms with Crippen LogP contribution in [-0.4, -0.2) is 9.78 Å². The normalized spacial score (nSPS) is 12.4. The van der Waals surface area contributed by atoms with Gasteiger partial charge in [0.15, 0.2) is 5.75 Å². The third-order valence-electron chi connectivity index (χ3n) is 2.57. The molecule has 4 nitrogen and oxygen atoms in total. The van der Waals surface area contributed by atoms with Crippen LogP contribution in [0.4, 0.5) is 0 Å². The lowest BCUT2D eigenvalue weighted by atomic mass is 10.1. The summed E-state index contributed by atoms with van der Waals surface area (Å²) in [5.41, 5.74) is 6.90. The van der Waals surface area contributed by atoms with Gasteiger partial charge in [-0.3, -0.25) is 4.68 Å². The first-order chi connectivity index (χ1) is 8.20. The predicted molar refractivity (Wildman–Crippen MR) is 67.0 cm³/mol. The lowest BCUT2D eigenvalue weighted by molar-refractivity contribution is 0.471. The summed E-state index contributed by atoms with van der Waals surface area (Å²) in [5, 5.41) is 4.17. The lowest BCUT2D eigenvalue weighted by Crippen LogP contribution is -2.06. The van der Waals surface area contributed by atoms with Gasteiger partial charge in [0.25, 0.3) is 0 Å². The topological polar surface area (TPSA) is 53.1 Å². The van der Waals surface area contributed by atoms with Gasteiger partial charge in [-0.1, -0.05) is 18.2 Å². The fourth-order valence-electron chi connectivity index (χ4n) is 1.65. The minimum Gasteiger partial charge on any atom is -0.454 e. The molecule has 0 aliphatic carbocycles. The fourth-order valence-corrected chi connectivity index (χ4v) is 1.65. The van der Waals surface area contributed by atoms with Crippen LogP contribution in [0.2, 0.25) is 0 Å². The molecule has 1 aromatic heterocycles. The summed E-state index contributed by atoms with van der Waals surface area (Å²) in [6.07, 6.45) is 3.58. The monoisotopic (exact) mass is 231 g/mol. The molecule has 1 aromatic carbocycles. The SMILES string of the molecule is CCn1cc(Oc2ccccc2[C@@H](C)N)cn1. The molecule has 90 valence electrons. The minimum atomic E-state index is -0.0487. The van der Waals surface area contributed by atoms with E-state index in [4.69, 9.17) is 10.5 Å². The molecule has 0 unspecified atom stereocenters. The molecule has 1 atom stereocenters. The molecule has 0 amide bonds. The Bertz CT molecular complexity index is 491. The molecule has 0 aliphatic heterocycles. The lowest BCUT2D eigenvalue weighted by Gasteiger charge is -2.12. The second kappa shape index (κ2) is 5.01. The molecule has 0 spiro atoms. The largest absolute Gasteiger partial charge is 0.454 e. The number of para-hydroxylation sites is 1. The standard InChI is InChI=1S/C13H17N3O/c1-3-16-9-11(8-15-16)17-13-7-5-4-6-12(13)10(2)14/h4-10H,3,14H2,1-2H3/t10-/m1/s1. The van der Waals surface area contributed by atoms with Crippen molar-refractivity contribution in [1.82, 2.24) is 9.78 Å². The number of aromatic nitrogens is 2. The van der Waals surface area contributed by atoms with Crippen molar-refractivity contribution < 1.29 is 4.74 Å². The van der Waals surface area contributed by atoms with Crippen molar-refractivity contribution in [2.45, 2.75) is 26.4 Å². The number of hydrogen-bond acceptors (Lipinski definition) is 3. The Morgan fingerprint density at radius 1 is 1.41 bits per heavy atom. The maximum atomic E-state index is 5.90. The van der Waals surface area contributed by atoms with Gasteiger partial charge in [0.1, 0.15) is 5.75 Å². The molecule has 17 heavy (non-hydrogen) atoms. The van der Waals surface area contributed by atoms with Gasteiger partial charge >= 0.3 is 0 Å². The number of hydrogen-bond donors (Lipinski definition) is 1. The summed E-state index contributed by atoms with van der Waals surface area (Å²) in [7, 11) is 0. The minimum absolute atomic E-state index is 0.0487. The number of nitrogens with two attached hydrogens (primary N) is 1. The van der Waals surface area contributed by atoms with E-state index >= 15 is 0 Å². The quantitative estimate of drug-likeness (QED) is 0.880. The van der Waals surface area contributed by atoms with E-state index in [-0.39, 0.29) is 6.04 Å². The molecule has 0 bridgehead atoms. The highest BCUT2D eigenvalue weighted by atomic mass is 16.5. The molecule has 4 heteroatoms. The van der Waals surface area contributed by atoms with Gasteiger partial charge in [0.2, 0.25) is 0 Å². The molecule has 2 rings (SSSR count). The summed E-state index contributed by atoms with van der Waals surface area (Å²) in [6.45, 7) is 4.81. The van der Waals surface area contributed by atoms with E-state index in [2.05, 4.69) is 5.10 Å². The van der Waals surface area contributed by atoms with Gasteiger partial charge in [-0.05, 0) is 19.9 Å². The first-order valence-corrected chi connectivity index (χ1v) is 5.75. The number of benzene rings is 1. The number of aryl methyl sites for hydroxylation is 1. The van der Waals surface area contributed by atoms with Crippen LogP contribution in [0, 0.1) is 0 Å². The molecule has 1 heterocycles. The Morgan fingerprint density at radius 2 is 2.18 bits per heavy atom. The second-order valence-corrected chi connectivity index (χ2v) is 3.96. The van der Waals surface area contributed by atoms with Gasteiger partial charge < -0.3 is 10.5 Å². The highest BCUT2D eigenvalue weighted by Gasteiger charge is 2.08. The first-order valence-electron chi connectivity index (χ1n) is 5.75. The second-order valence-electron chi connectivity index (χ2n) is 3.96. The Morgan fingerprint density at radius 3 is 2.82 bits per heavy atom. The van der Waals surface area contributed by atoms with Gasteiger partial charge in [0.05, 0.1) is 12.4 Å². The Kier molecular flexibility index (Phi) is 3.44. The van der Waals surface area contributed by atoms with E-state index in [0.717, 1.165) is 23.6 Å². The summed E-state index contributed by atoms with van der Waals surface area (Å²) >= 11 is 0. The fraction of sp³-hybridized carbons (Fsp3) is 0.308. The molecule has 0 saturated heterocycles. The van der Waals surface area contributed by atoms with E-state index < -0.39 is 0 Å². The highest BCUT2D eigenvalue weighted by Crippen LogP contribution is 2.28. The molecular weight excluding hydrogens is 214 g/mol. The molecular formula is C13H17N3O. The molecule has 0 aliphatic rings. The molecule has 2 aromatic rings. The predicted octanol–water partition coefficient (Wildman–Crippen LogP) is 2.71. The third-order valence-corrected chi connectivity index (χ3v) is 2.57. The average Bonchev–Trinajstić information content (AvgIpc) is 2.77. The molecule has 0 saturated carbocycles. The zero-order valence-corrected chi connectivity index (χ0v) is 10.1. The zero-order chi connectivity index (χ0) is 12.3. The Labute approximate surface area is 101 Å². The van der Waals surface area contributed by atoms with Crippen molar-refractivity contribution in [1.29, 1.82) is 0 Å². The smallest absolute Gasteiger partial charge is 0.165 e. The maximum absolute atomic E-state index is 5.90. The third kappa shape index (κ3) is 2.65. The van der Waals surface area contributed by atoms with Crippen molar-refractivity contribution in [2.75, 3.05) is 0 Å². The van der Waals surface area contributed by atoms with E-state index in [1.807, 2.05) is 49.0 Å². The average molecular weight is 231 g/mol. The van der Waals surface area contributed by atoms with Gasteiger partial charge in [-0.25, -0.2) is 0 Å². The van der Waals surface area contributed by atoms with E-state index in [1.54, 1.807) is 6.20 Å². The van der Waals surface area contributed by atoms with Crippen molar-refractivity contribution in [3.8, 4) is 11.5 Å². The number of nitrogens with zero attached hydrogens (tertiary/aromatic N) is 2. The molecule has 0 radical (unpaired) electrons. The van der Waals surface area contributed by atoms with E-state index in [0.29, 0.717) is 0 Å². The van der Waals surface area contributed by atoms with Crippen LogP contribution in [0.25, 0.3) is 0 Å². The van der Waals surface area contributed by atoms with Crippen molar-refractivity contribution in [3.05, 3.63) is 42.2 Å². The summed E-state index contributed by atoms with van der Waals surface area (Å²) < 4.78 is 7.61. The van der Waals surface area contributed by atoms with Gasteiger partial charge in [-0.15, -0.1) is 0 Å². The first kappa shape index (κ1) is 11.7. The van der Waals surface area contributed by atoms with Crippen molar-refractivity contribution in [2.24, 2.45) is 5.73 Å². The van der Waals surface area contributed by atoms with Crippen LogP contribution in [0.1, 0.15) is 25.5 Å². The maximum Gasteiger partial charge on any atom is 0.165 e. The van der Waals surface area contributed by atoms with Gasteiger partial charge in [0, 0.05) is 18.2 Å². The van der Waals surface area contributed by atoms with Gasteiger partial charge in [-0.2, -0.15) is 5.10 Å². The van der Waals surface area contributed by atoms with E-state index in [1.165, 1.54) is 0 Å². The van der Waals surface area contributed by atoms with Crippen molar-refractivity contribution >= 4 is 0 Å². The van der Waals surface area contributed by atoms with Crippen LogP contribution in [0.5, 0.6) is 11.5 Å². The van der Waals surface area contributed by atoms with E-state index in [9.17, 15) is 0 Å². The molecule has 2 N–H and O–H groups in total. The zero-order valence-electron chi connectivity index (χ0n) is 10.1. The highest BCUT2D eigenvalue weighted by molar-refractivity contribution is 5.38. The van der Waals surface area contributed by atoms with Crippen LogP contribution >= 0.6 is 0 Å².